The number of likely N-dealkylation sites (tertiary alicyclic amines) is 1. The summed E-state index contributed by atoms with van der Waals surface area (Å²) in [4.78, 5) is 44.9. The molecule has 11 heteroatoms. The molecule has 5 rings (SSSR count). The first-order valence-corrected chi connectivity index (χ1v) is 13.6. The highest BCUT2D eigenvalue weighted by molar-refractivity contribution is 8.02. The van der Waals surface area contributed by atoms with Gasteiger partial charge in [-0.1, -0.05) is 36.1 Å². The molecule has 3 aliphatic rings. The second kappa shape index (κ2) is 9.85. The minimum atomic E-state index is -0.860. The fraction of sp³-hybridized carbons (Fsp3) is 0.519. The van der Waals surface area contributed by atoms with Gasteiger partial charge in [0.05, 0.1) is 34.7 Å². The van der Waals surface area contributed by atoms with Crippen LogP contribution in [-0.2, 0) is 25.8 Å². The molecule has 3 saturated heterocycles. The lowest BCUT2D eigenvalue weighted by Gasteiger charge is -2.38. The predicted octanol–water partition coefficient (Wildman–Crippen LogP) is 1.99. The van der Waals surface area contributed by atoms with Gasteiger partial charge in [-0.3, -0.25) is 14.4 Å². The number of thioether (sulfide) groups is 1. The summed E-state index contributed by atoms with van der Waals surface area (Å²) < 4.78 is 5.75. The molecule has 2 unspecified atom stereocenters. The Labute approximate surface area is 225 Å². The number of benzene rings is 1. The molecule has 38 heavy (non-hydrogen) atoms. The van der Waals surface area contributed by atoms with Gasteiger partial charge in [-0.2, -0.15) is 0 Å². The van der Waals surface area contributed by atoms with E-state index in [2.05, 4.69) is 23.5 Å². The summed E-state index contributed by atoms with van der Waals surface area (Å²) in [5, 5.41) is 18.5. The van der Waals surface area contributed by atoms with Crippen LogP contribution in [0.4, 0.5) is 0 Å². The number of aliphatic hydroxyl groups is 1. The van der Waals surface area contributed by atoms with Crippen LogP contribution in [0, 0.1) is 11.8 Å². The number of aromatic nitrogens is 3. The maximum Gasteiger partial charge on any atom is 0.311 e. The first-order chi connectivity index (χ1) is 18.2. The van der Waals surface area contributed by atoms with Crippen molar-refractivity contribution in [1.82, 2.24) is 24.8 Å². The van der Waals surface area contributed by atoms with Crippen molar-refractivity contribution in [1.29, 1.82) is 0 Å². The lowest BCUT2D eigenvalue weighted by Crippen LogP contribution is -2.57. The molecule has 0 radical (unpaired) electrons. The molecule has 2 amide bonds. The Hall–Kier alpha value is -3.18. The third kappa shape index (κ3) is 3.86. The number of carbonyl (C=O) groups excluding carboxylic acids is 3. The lowest BCUT2D eigenvalue weighted by atomic mass is 9.66. The van der Waals surface area contributed by atoms with Crippen LogP contribution in [0.1, 0.15) is 26.7 Å². The van der Waals surface area contributed by atoms with E-state index in [9.17, 15) is 19.5 Å². The van der Waals surface area contributed by atoms with Crippen LogP contribution in [-0.4, -0.2) is 89.0 Å². The molecule has 3 fully saturated rings. The van der Waals surface area contributed by atoms with Crippen LogP contribution in [0.25, 0.3) is 11.0 Å². The van der Waals surface area contributed by atoms with Crippen LogP contribution in [0.5, 0.6) is 0 Å². The Morgan fingerprint density at radius 1 is 1.32 bits per heavy atom. The smallest absolute Gasteiger partial charge is 0.311 e. The van der Waals surface area contributed by atoms with Crippen molar-refractivity contribution in [3.63, 3.8) is 0 Å². The number of para-hydroxylation sites is 1. The fourth-order valence-corrected chi connectivity index (χ4v) is 8.85. The molecule has 3 aliphatic heterocycles. The zero-order valence-electron chi connectivity index (χ0n) is 21.7. The highest BCUT2D eigenvalue weighted by Crippen LogP contribution is 2.71. The number of hydrogen-bond acceptors (Lipinski definition) is 8. The average Bonchev–Trinajstić information content (AvgIpc) is 3.62. The number of nitrogens with zero attached hydrogens (tertiary/aromatic N) is 5. The van der Waals surface area contributed by atoms with Gasteiger partial charge in [0.25, 0.3) is 0 Å². The number of ether oxygens (including phenoxy) is 1. The maximum absolute atomic E-state index is 14.5. The molecule has 2 aromatic rings. The van der Waals surface area contributed by atoms with Crippen molar-refractivity contribution in [3.05, 3.63) is 49.6 Å². The van der Waals surface area contributed by atoms with Crippen molar-refractivity contribution in [3.8, 4) is 0 Å². The van der Waals surface area contributed by atoms with E-state index in [1.165, 1.54) is 11.0 Å². The summed E-state index contributed by atoms with van der Waals surface area (Å²) in [6, 6.07) is 6.02. The Kier molecular flexibility index (Phi) is 6.85. The largest absolute Gasteiger partial charge is 0.461 e. The molecule has 4 heterocycles. The number of amides is 2. The van der Waals surface area contributed by atoms with Crippen LogP contribution in [0.15, 0.2) is 49.6 Å². The minimum absolute atomic E-state index is 0.0576. The molecule has 1 aromatic heterocycles. The molecule has 6 atom stereocenters. The second-order valence-electron chi connectivity index (χ2n) is 10.5. The predicted molar refractivity (Wildman–Crippen MR) is 143 cm³/mol. The summed E-state index contributed by atoms with van der Waals surface area (Å²) in [7, 11) is 0. The van der Waals surface area contributed by atoms with E-state index < -0.39 is 39.4 Å². The summed E-state index contributed by atoms with van der Waals surface area (Å²) >= 11 is 1.56. The Balaban J connectivity index is 1.55. The van der Waals surface area contributed by atoms with E-state index in [-0.39, 0.29) is 38.2 Å². The van der Waals surface area contributed by atoms with Crippen molar-refractivity contribution >= 4 is 40.6 Å². The highest BCUT2D eigenvalue weighted by atomic mass is 32.2. The van der Waals surface area contributed by atoms with E-state index in [1.54, 1.807) is 34.3 Å². The van der Waals surface area contributed by atoms with Gasteiger partial charge in [-0.25, -0.2) is 4.68 Å². The van der Waals surface area contributed by atoms with Crippen LogP contribution in [0.2, 0.25) is 0 Å². The number of aliphatic hydroxyl groups excluding tert-OH is 1. The van der Waals surface area contributed by atoms with E-state index in [4.69, 9.17) is 4.74 Å². The SMILES string of the molecule is C=CCOC(=O)[C@H]1[C@H]2C(=O)N([C@H](C)CO)C(C(=O)N(CC=C)Cn3nnc4ccccc43)C23CC[C@]1(C)S3. The van der Waals surface area contributed by atoms with Crippen molar-refractivity contribution < 1.29 is 24.2 Å². The summed E-state index contributed by atoms with van der Waals surface area (Å²) in [6.45, 7) is 11.3. The van der Waals surface area contributed by atoms with Gasteiger partial charge in [0.1, 0.15) is 24.8 Å². The van der Waals surface area contributed by atoms with Crippen molar-refractivity contribution in [2.24, 2.45) is 11.8 Å². The average molecular weight is 540 g/mol. The van der Waals surface area contributed by atoms with Gasteiger partial charge in [0.15, 0.2) is 0 Å². The molecular weight excluding hydrogens is 506 g/mol. The van der Waals surface area contributed by atoms with Gasteiger partial charge in [0, 0.05) is 11.3 Å². The molecule has 1 N–H and O–H groups in total. The van der Waals surface area contributed by atoms with E-state index >= 15 is 0 Å². The molecule has 2 bridgehead atoms. The molecule has 0 aliphatic carbocycles. The fourth-order valence-electron chi connectivity index (χ4n) is 6.52. The minimum Gasteiger partial charge on any atom is -0.461 e. The number of carbonyl (C=O) groups is 3. The topological polar surface area (TPSA) is 118 Å². The standard InChI is InChI=1S/C27H33N5O5S/c1-5-13-30(16-31-19-10-8-7-9-18(19)28-29-31)24(35)22-27-12-11-26(4,38-27)21(25(36)37-14-6-2)20(27)23(34)32(22)17(3)15-33/h5-10,17,20-22,33H,1-2,11-16H2,3-4H3/t17-,20+,21-,22?,26+,27?/m1/s1. The second-order valence-corrected chi connectivity index (χ2v) is 12.4. The molecule has 1 aromatic carbocycles. The van der Waals surface area contributed by atoms with Crippen LogP contribution < -0.4 is 0 Å². The van der Waals surface area contributed by atoms with Gasteiger partial charge in [0.2, 0.25) is 11.8 Å². The molecule has 1 spiro atoms. The normalized spacial score (nSPS) is 30.3. The molecule has 10 nitrogen and oxygen atoms in total. The number of rotatable bonds is 10. The first-order valence-electron chi connectivity index (χ1n) is 12.8. The number of hydrogen-bond donors (Lipinski definition) is 1. The van der Waals surface area contributed by atoms with Gasteiger partial charge in [-0.05, 0) is 38.8 Å². The Morgan fingerprint density at radius 2 is 2.08 bits per heavy atom. The Bertz CT molecular complexity index is 1300. The first kappa shape index (κ1) is 26.4. The highest BCUT2D eigenvalue weighted by Gasteiger charge is 2.78. The molecular formula is C27H33N5O5S. The van der Waals surface area contributed by atoms with Gasteiger partial charge in [-0.15, -0.1) is 23.4 Å². The van der Waals surface area contributed by atoms with Crippen molar-refractivity contribution in [2.75, 3.05) is 19.8 Å². The lowest BCUT2D eigenvalue weighted by molar-refractivity contribution is -0.155. The molecule has 202 valence electrons. The molecule has 0 saturated carbocycles. The summed E-state index contributed by atoms with van der Waals surface area (Å²) in [5.74, 6) is -2.40. The van der Waals surface area contributed by atoms with Crippen molar-refractivity contribution in [2.45, 2.75) is 54.9 Å². The third-order valence-electron chi connectivity index (χ3n) is 8.17. The number of fused-ring (bicyclic) bond motifs is 2. The quantitative estimate of drug-likeness (QED) is 0.360. The monoisotopic (exact) mass is 539 g/mol. The third-order valence-corrected chi connectivity index (χ3v) is 10.2. The summed E-state index contributed by atoms with van der Waals surface area (Å²) in [5.41, 5.74) is 1.49. The van der Waals surface area contributed by atoms with E-state index in [1.807, 2.05) is 31.2 Å². The van der Waals surface area contributed by atoms with Gasteiger partial charge < -0.3 is 19.6 Å². The van der Waals surface area contributed by atoms with E-state index in [0.717, 1.165) is 5.52 Å². The van der Waals surface area contributed by atoms with Crippen LogP contribution >= 0.6 is 11.8 Å². The van der Waals surface area contributed by atoms with Gasteiger partial charge >= 0.3 is 5.97 Å². The Morgan fingerprint density at radius 3 is 2.79 bits per heavy atom. The maximum atomic E-state index is 14.5. The zero-order valence-corrected chi connectivity index (χ0v) is 22.5. The zero-order chi connectivity index (χ0) is 27.2. The summed E-state index contributed by atoms with van der Waals surface area (Å²) in [6.07, 6.45) is 4.42. The van der Waals surface area contributed by atoms with E-state index in [0.29, 0.717) is 18.4 Å². The van der Waals surface area contributed by atoms with Crippen LogP contribution in [0.3, 0.4) is 0 Å². The number of esters is 1.